The Bertz CT molecular complexity index is 424. The minimum Gasteiger partial charge on any atom is -0.491 e. The van der Waals surface area contributed by atoms with Crippen LogP contribution >= 0.6 is 12.2 Å². The van der Waals surface area contributed by atoms with Crippen LogP contribution in [-0.4, -0.2) is 41.1 Å². The summed E-state index contributed by atoms with van der Waals surface area (Å²) in [6.45, 7) is 1.87. The fraction of sp³-hybridized carbons (Fsp3) is 0.538. The van der Waals surface area contributed by atoms with Gasteiger partial charge in [0, 0.05) is 12.2 Å². The second-order valence-electron chi connectivity index (χ2n) is 4.63. The molecule has 0 amide bonds. The first-order valence-corrected chi connectivity index (χ1v) is 6.67. The lowest BCUT2D eigenvalue weighted by Gasteiger charge is -2.19. The molecule has 5 heteroatoms. The second-order valence-corrected chi connectivity index (χ2v) is 5.07. The van der Waals surface area contributed by atoms with Gasteiger partial charge in [-0.05, 0) is 45.0 Å². The smallest absolute Gasteiger partial charge is 0.147 e. The molecule has 4 nitrogen and oxygen atoms in total. The first kappa shape index (κ1) is 13.2. The van der Waals surface area contributed by atoms with Crippen LogP contribution in [0.2, 0.25) is 0 Å². The minimum atomic E-state index is 0.281. The Balaban J connectivity index is 1.88. The van der Waals surface area contributed by atoms with Crippen molar-refractivity contribution in [3.05, 3.63) is 24.0 Å². The fourth-order valence-corrected chi connectivity index (χ4v) is 2.49. The van der Waals surface area contributed by atoms with E-state index in [1.165, 1.54) is 19.4 Å². The molecular weight excluding hydrogens is 246 g/mol. The molecule has 98 valence electrons. The number of rotatable bonds is 5. The number of hydrogen-bond donors (Lipinski definition) is 1. The summed E-state index contributed by atoms with van der Waals surface area (Å²) in [5.74, 6) is 0.686. The predicted octanol–water partition coefficient (Wildman–Crippen LogP) is 1.58. The van der Waals surface area contributed by atoms with Gasteiger partial charge in [0.2, 0.25) is 0 Å². The standard InChI is InChI=1S/C13H19N3OS/c1-16-8-3-4-10(16)6-9-17-11-5-2-7-15-12(11)13(14)18/h2,5,7,10H,3-4,6,8-9H2,1H3,(H2,14,18). The number of thiocarbonyl (C=S) groups is 1. The molecule has 0 radical (unpaired) electrons. The van der Waals surface area contributed by atoms with Crippen LogP contribution < -0.4 is 10.5 Å². The molecule has 1 saturated heterocycles. The molecule has 0 saturated carbocycles. The Morgan fingerprint density at radius 3 is 3.17 bits per heavy atom. The number of likely N-dealkylation sites (tertiary alicyclic amines) is 1. The van der Waals surface area contributed by atoms with Gasteiger partial charge in [-0.25, -0.2) is 4.98 Å². The Labute approximate surface area is 113 Å². The van der Waals surface area contributed by atoms with Crippen molar-refractivity contribution in [2.45, 2.75) is 25.3 Å². The van der Waals surface area contributed by atoms with Crippen molar-refractivity contribution < 1.29 is 4.74 Å². The number of hydrogen-bond acceptors (Lipinski definition) is 4. The summed E-state index contributed by atoms with van der Waals surface area (Å²) >= 11 is 4.95. The summed E-state index contributed by atoms with van der Waals surface area (Å²) in [5, 5.41) is 0. The first-order chi connectivity index (χ1) is 8.68. The highest BCUT2D eigenvalue weighted by atomic mass is 32.1. The lowest BCUT2D eigenvalue weighted by Crippen LogP contribution is -2.26. The summed E-state index contributed by atoms with van der Waals surface area (Å²) in [5.41, 5.74) is 6.19. The van der Waals surface area contributed by atoms with Crippen molar-refractivity contribution in [3.8, 4) is 5.75 Å². The summed E-state index contributed by atoms with van der Waals surface area (Å²) in [6, 6.07) is 4.33. The lowest BCUT2D eigenvalue weighted by atomic mass is 10.1. The van der Waals surface area contributed by atoms with Gasteiger partial charge in [-0.3, -0.25) is 0 Å². The molecule has 2 heterocycles. The van der Waals surface area contributed by atoms with E-state index in [0.717, 1.165) is 6.42 Å². The Morgan fingerprint density at radius 1 is 1.67 bits per heavy atom. The van der Waals surface area contributed by atoms with Gasteiger partial charge in [0.15, 0.2) is 0 Å². The molecule has 2 rings (SSSR count). The van der Waals surface area contributed by atoms with Crippen LogP contribution in [0.4, 0.5) is 0 Å². The first-order valence-electron chi connectivity index (χ1n) is 6.26. The average molecular weight is 265 g/mol. The zero-order valence-corrected chi connectivity index (χ0v) is 11.4. The monoisotopic (exact) mass is 265 g/mol. The van der Waals surface area contributed by atoms with E-state index >= 15 is 0 Å². The van der Waals surface area contributed by atoms with Gasteiger partial charge in [0.1, 0.15) is 16.4 Å². The van der Waals surface area contributed by atoms with Crippen molar-refractivity contribution in [2.24, 2.45) is 5.73 Å². The van der Waals surface area contributed by atoms with Gasteiger partial charge in [0.05, 0.1) is 6.61 Å². The van der Waals surface area contributed by atoms with E-state index in [1.807, 2.05) is 12.1 Å². The summed E-state index contributed by atoms with van der Waals surface area (Å²) in [4.78, 5) is 6.81. The Hall–Kier alpha value is -1.20. The van der Waals surface area contributed by atoms with E-state index in [2.05, 4.69) is 16.9 Å². The van der Waals surface area contributed by atoms with E-state index in [0.29, 0.717) is 24.1 Å². The summed E-state index contributed by atoms with van der Waals surface area (Å²) < 4.78 is 5.75. The van der Waals surface area contributed by atoms with Crippen LogP contribution in [0.1, 0.15) is 25.0 Å². The molecule has 18 heavy (non-hydrogen) atoms. The lowest BCUT2D eigenvalue weighted by molar-refractivity contribution is 0.232. The molecule has 0 spiro atoms. The van der Waals surface area contributed by atoms with E-state index in [1.54, 1.807) is 6.20 Å². The number of pyridine rings is 1. The van der Waals surface area contributed by atoms with Crippen molar-refractivity contribution in [1.82, 2.24) is 9.88 Å². The van der Waals surface area contributed by atoms with Crippen LogP contribution in [0.5, 0.6) is 5.75 Å². The highest BCUT2D eigenvalue weighted by Gasteiger charge is 2.20. The highest BCUT2D eigenvalue weighted by Crippen LogP contribution is 2.19. The quantitative estimate of drug-likeness (QED) is 0.819. The van der Waals surface area contributed by atoms with Crippen LogP contribution in [0.3, 0.4) is 0 Å². The van der Waals surface area contributed by atoms with Gasteiger partial charge in [-0.15, -0.1) is 0 Å². The van der Waals surface area contributed by atoms with Gasteiger partial charge >= 0.3 is 0 Å². The summed E-state index contributed by atoms with van der Waals surface area (Å²) in [6.07, 6.45) is 5.25. The molecule has 0 bridgehead atoms. The van der Waals surface area contributed by atoms with Crippen LogP contribution in [0.25, 0.3) is 0 Å². The molecular formula is C13H19N3OS. The molecule has 1 aliphatic heterocycles. The van der Waals surface area contributed by atoms with E-state index in [4.69, 9.17) is 22.7 Å². The van der Waals surface area contributed by atoms with Crippen molar-refractivity contribution in [1.29, 1.82) is 0 Å². The van der Waals surface area contributed by atoms with E-state index in [-0.39, 0.29) is 4.99 Å². The van der Waals surface area contributed by atoms with Gasteiger partial charge in [-0.2, -0.15) is 0 Å². The average Bonchev–Trinajstić information content (AvgIpc) is 2.76. The van der Waals surface area contributed by atoms with Crippen LogP contribution in [-0.2, 0) is 0 Å². The number of nitrogens with zero attached hydrogens (tertiary/aromatic N) is 2. The van der Waals surface area contributed by atoms with Crippen molar-refractivity contribution in [2.75, 3.05) is 20.2 Å². The molecule has 1 aliphatic rings. The highest BCUT2D eigenvalue weighted by molar-refractivity contribution is 7.80. The third kappa shape index (κ3) is 3.17. The molecule has 1 fully saturated rings. The zero-order valence-electron chi connectivity index (χ0n) is 10.6. The number of ether oxygens (including phenoxy) is 1. The zero-order chi connectivity index (χ0) is 13.0. The third-order valence-electron chi connectivity index (χ3n) is 3.38. The van der Waals surface area contributed by atoms with Crippen LogP contribution in [0, 0.1) is 0 Å². The maximum atomic E-state index is 5.75. The number of aromatic nitrogens is 1. The van der Waals surface area contributed by atoms with Crippen LogP contribution in [0.15, 0.2) is 18.3 Å². The largest absolute Gasteiger partial charge is 0.491 e. The van der Waals surface area contributed by atoms with Crippen molar-refractivity contribution in [3.63, 3.8) is 0 Å². The molecule has 1 unspecified atom stereocenters. The SMILES string of the molecule is CN1CCCC1CCOc1cccnc1C(N)=S. The van der Waals surface area contributed by atoms with Gasteiger partial charge in [-0.1, -0.05) is 12.2 Å². The number of nitrogens with two attached hydrogens (primary N) is 1. The van der Waals surface area contributed by atoms with E-state index in [9.17, 15) is 0 Å². The van der Waals surface area contributed by atoms with Gasteiger partial charge in [0.25, 0.3) is 0 Å². The molecule has 0 aliphatic carbocycles. The fourth-order valence-electron chi connectivity index (χ4n) is 2.34. The topological polar surface area (TPSA) is 51.4 Å². The van der Waals surface area contributed by atoms with E-state index < -0.39 is 0 Å². The predicted molar refractivity (Wildman–Crippen MR) is 75.9 cm³/mol. The Morgan fingerprint density at radius 2 is 2.50 bits per heavy atom. The molecule has 1 aromatic rings. The second kappa shape index (κ2) is 6.11. The Kier molecular flexibility index (Phi) is 4.49. The molecule has 2 N–H and O–H groups in total. The molecule has 0 aromatic carbocycles. The summed E-state index contributed by atoms with van der Waals surface area (Å²) in [7, 11) is 2.17. The maximum Gasteiger partial charge on any atom is 0.147 e. The van der Waals surface area contributed by atoms with Crippen molar-refractivity contribution >= 4 is 17.2 Å². The maximum absolute atomic E-state index is 5.75. The normalized spacial score (nSPS) is 19.9. The molecule has 1 atom stereocenters. The third-order valence-corrected chi connectivity index (χ3v) is 3.58. The van der Waals surface area contributed by atoms with Gasteiger partial charge < -0.3 is 15.4 Å². The molecule has 1 aromatic heterocycles. The minimum absolute atomic E-state index is 0.281.